The molecule has 0 bridgehead atoms. The maximum Gasteiger partial charge on any atom is 0.223 e. The third-order valence-corrected chi connectivity index (χ3v) is 3.32. The van der Waals surface area contributed by atoms with Crippen molar-refractivity contribution in [2.75, 3.05) is 19.6 Å². The molecule has 0 unspecified atom stereocenters. The molecule has 0 fully saturated rings. The van der Waals surface area contributed by atoms with Gasteiger partial charge in [-0.3, -0.25) is 4.79 Å². The number of halogens is 2. The van der Waals surface area contributed by atoms with Crippen LogP contribution >= 0.6 is 23.2 Å². The smallest absolute Gasteiger partial charge is 0.223 e. The molecular weight excluding hydrogens is 283 g/mol. The number of carbonyl (C=O) groups is 1. The predicted octanol–water partition coefficient (Wildman–Crippen LogP) is 3.34. The Labute approximate surface area is 124 Å². The molecule has 0 atom stereocenters. The molecule has 106 valence electrons. The molecule has 0 radical (unpaired) electrons. The Morgan fingerprint density at radius 2 is 1.74 bits per heavy atom. The summed E-state index contributed by atoms with van der Waals surface area (Å²) in [4.78, 5) is 13.6. The van der Waals surface area contributed by atoms with Gasteiger partial charge in [0.25, 0.3) is 0 Å². The summed E-state index contributed by atoms with van der Waals surface area (Å²) >= 11 is 11.8. The first-order valence-corrected chi connectivity index (χ1v) is 7.25. The van der Waals surface area contributed by atoms with Crippen LogP contribution in [0.15, 0.2) is 18.2 Å². The zero-order valence-corrected chi connectivity index (χ0v) is 12.9. The lowest BCUT2D eigenvalue weighted by Crippen LogP contribution is -2.32. The lowest BCUT2D eigenvalue weighted by molar-refractivity contribution is -0.130. The molecule has 1 amide bonds. The second kappa shape index (κ2) is 8.41. The Morgan fingerprint density at radius 3 is 2.26 bits per heavy atom. The van der Waals surface area contributed by atoms with Gasteiger partial charge in [0.2, 0.25) is 5.91 Å². The Morgan fingerprint density at radius 1 is 1.16 bits per heavy atom. The number of hydrogen-bond donors (Lipinski definition) is 1. The summed E-state index contributed by atoms with van der Waals surface area (Å²) in [5, 5.41) is 4.48. The zero-order valence-electron chi connectivity index (χ0n) is 11.4. The second-order valence-electron chi connectivity index (χ2n) is 4.27. The van der Waals surface area contributed by atoms with Gasteiger partial charge in [-0.15, -0.1) is 0 Å². The summed E-state index contributed by atoms with van der Waals surface area (Å²) in [6.45, 7) is 6.81. The Kier molecular flexibility index (Phi) is 7.21. The maximum atomic E-state index is 11.8. The van der Waals surface area contributed by atoms with Crippen molar-refractivity contribution in [1.82, 2.24) is 10.2 Å². The van der Waals surface area contributed by atoms with Crippen molar-refractivity contribution in [3.8, 4) is 0 Å². The molecule has 0 spiro atoms. The fourth-order valence-corrected chi connectivity index (χ4v) is 2.45. The van der Waals surface area contributed by atoms with Gasteiger partial charge in [0.15, 0.2) is 0 Å². The van der Waals surface area contributed by atoms with E-state index in [4.69, 9.17) is 23.2 Å². The molecule has 5 heteroatoms. The highest BCUT2D eigenvalue weighted by molar-refractivity contribution is 6.34. The van der Waals surface area contributed by atoms with E-state index in [1.54, 1.807) is 6.07 Å². The van der Waals surface area contributed by atoms with Gasteiger partial charge >= 0.3 is 0 Å². The highest BCUT2D eigenvalue weighted by atomic mass is 35.5. The van der Waals surface area contributed by atoms with Crippen LogP contribution in [0.25, 0.3) is 0 Å². The summed E-state index contributed by atoms with van der Waals surface area (Å²) in [5.41, 5.74) is 1.02. The van der Waals surface area contributed by atoms with Crippen LogP contribution < -0.4 is 5.32 Å². The van der Waals surface area contributed by atoms with Crippen LogP contribution in [0.2, 0.25) is 10.0 Å². The van der Waals surface area contributed by atoms with E-state index >= 15 is 0 Å². The lowest BCUT2D eigenvalue weighted by atomic mass is 10.2. The zero-order chi connectivity index (χ0) is 14.3. The number of rotatable bonds is 7. The number of benzene rings is 1. The quantitative estimate of drug-likeness (QED) is 0.784. The third kappa shape index (κ3) is 5.81. The van der Waals surface area contributed by atoms with Crippen molar-refractivity contribution in [1.29, 1.82) is 0 Å². The number of nitrogens with one attached hydrogen (secondary N) is 1. The number of nitrogens with zero attached hydrogens (tertiary/aromatic N) is 1. The Balaban J connectivity index is 2.32. The summed E-state index contributed by atoms with van der Waals surface area (Å²) in [7, 11) is 0. The number of hydrogen-bond acceptors (Lipinski definition) is 2. The number of carbonyl (C=O) groups excluding carboxylic acids is 1. The van der Waals surface area contributed by atoms with Crippen LogP contribution in [0, 0.1) is 0 Å². The Hall–Kier alpha value is -0.770. The average Bonchev–Trinajstić information content (AvgIpc) is 2.35. The van der Waals surface area contributed by atoms with Gasteiger partial charge < -0.3 is 10.2 Å². The molecule has 0 aromatic heterocycles. The molecule has 0 saturated carbocycles. The van der Waals surface area contributed by atoms with E-state index in [-0.39, 0.29) is 5.91 Å². The van der Waals surface area contributed by atoms with Gasteiger partial charge in [-0.25, -0.2) is 0 Å². The van der Waals surface area contributed by atoms with Crippen LogP contribution in [0.5, 0.6) is 0 Å². The largest absolute Gasteiger partial charge is 0.343 e. The van der Waals surface area contributed by atoms with Gasteiger partial charge in [-0.05, 0) is 37.6 Å². The van der Waals surface area contributed by atoms with Crippen molar-refractivity contribution in [2.45, 2.75) is 26.8 Å². The van der Waals surface area contributed by atoms with E-state index in [2.05, 4.69) is 5.32 Å². The molecular formula is C14H20Cl2N2O. The first-order valence-electron chi connectivity index (χ1n) is 6.50. The molecule has 1 aromatic rings. The van der Waals surface area contributed by atoms with Crippen molar-refractivity contribution in [3.63, 3.8) is 0 Å². The molecule has 0 aliphatic heterocycles. The normalized spacial score (nSPS) is 10.5. The van der Waals surface area contributed by atoms with Crippen LogP contribution in [0.1, 0.15) is 25.8 Å². The maximum absolute atomic E-state index is 11.8. The minimum atomic E-state index is 0.182. The highest BCUT2D eigenvalue weighted by Crippen LogP contribution is 2.18. The minimum Gasteiger partial charge on any atom is -0.343 e. The molecule has 0 aliphatic rings. The minimum absolute atomic E-state index is 0.182. The predicted molar refractivity (Wildman–Crippen MR) is 80.7 cm³/mol. The Bertz CT molecular complexity index is 400. The summed E-state index contributed by atoms with van der Waals surface area (Å²) in [5.74, 6) is 0.182. The van der Waals surface area contributed by atoms with Crippen molar-refractivity contribution in [3.05, 3.63) is 33.8 Å². The van der Waals surface area contributed by atoms with Gasteiger partial charge in [-0.1, -0.05) is 23.2 Å². The third-order valence-electron chi connectivity index (χ3n) is 2.88. The lowest BCUT2D eigenvalue weighted by Gasteiger charge is -2.18. The van der Waals surface area contributed by atoms with Gasteiger partial charge in [0.05, 0.1) is 0 Å². The van der Waals surface area contributed by atoms with Crippen molar-refractivity contribution in [2.24, 2.45) is 0 Å². The van der Waals surface area contributed by atoms with Gasteiger partial charge in [0, 0.05) is 42.6 Å². The molecule has 0 aliphatic carbocycles. The fraction of sp³-hybridized carbons (Fsp3) is 0.500. The number of amides is 1. The molecule has 1 aromatic carbocycles. The topological polar surface area (TPSA) is 32.3 Å². The highest BCUT2D eigenvalue weighted by Gasteiger charge is 2.08. The summed E-state index contributed by atoms with van der Waals surface area (Å²) in [6.07, 6.45) is 0.510. The molecule has 19 heavy (non-hydrogen) atoms. The first kappa shape index (κ1) is 16.3. The summed E-state index contributed by atoms with van der Waals surface area (Å²) in [6, 6.07) is 5.44. The standard InChI is InChI=1S/C14H20Cl2N2O/c1-3-18(4-2)14(19)5-6-17-10-11-7-12(15)9-13(16)8-11/h7-9,17H,3-6,10H2,1-2H3. The molecule has 1 N–H and O–H groups in total. The summed E-state index contributed by atoms with van der Waals surface area (Å²) < 4.78 is 0. The van der Waals surface area contributed by atoms with Gasteiger partial charge in [-0.2, -0.15) is 0 Å². The first-order chi connectivity index (χ1) is 9.06. The van der Waals surface area contributed by atoms with E-state index in [1.807, 2.05) is 30.9 Å². The average molecular weight is 303 g/mol. The van der Waals surface area contributed by atoms with Crippen LogP contribution in [0.4, 0.5) is 0 Å². The van der Waals surface area contributed by atoms with Crippen LogP contribution in [-0.2, 0) is 11.3 Å². The van der Waals surface area contributed by atoms with Crippen molar-refractivity contribution < 1.29 is 4.79 Å². The monoisotopic (exact) mass is 302 g/mol. The molecule has 0 heterocycles. The molecule has 0 saturated heterocycles. The van der Waals surface area contributed by atoms with E-state index in [0.717, 1.165) is 18.7 Å². The van der Waals surface area contributed by atoms with Crippen LogP contribution in [0.3, 0.4) is 0 Å². The van der Waals surface area contributed by atoms with E-state index in [9.17, 15) is 4.79 Å². The van der Waals surface area contributed by atoms with E-state index in [0.29, 0.717) is 29.6 Å². The SMILES string of the molecule is CCN(CC)C(=O)CCNCc1cc(Cl)cc(Cl)c1. The van der Waals surface area contributed by atoms with Gasteiger partial charge in [0.1, 0.15) is 0 Å². The van der Waals surface area contributed by atoms with E-state index < -0.39 is 0 Å². The van der Waals surface area contributed by atoms with Crippen LogP contribution in [-0.4, -0.2) is 30.4 Å². The van der Waals surface area contributed by atoms with E-state index in [1.165, 1.54) is 0 Å². The fourth-order valence-electron chi connectivity index (χ4n) is 1.88. The molecule has 3 nitrogen and oxygen atoms in total. The molecule has 1 rings (SSSR count). The second-order valence-corrected chi connectivity index (χ2v) is 5.14. The van der Waals surface area contributed by atoms with Crippen molar-refractivity contribution >= 4 is 29.1 Å².